The van der Waals surface area contributed by atoms with Crippen molar-refractivity contribution in [3.63, 3.8) is 0 Å². The molecule has 0 atom stereocenters. The van der Waals surface area contributed by atoms with Gasteiger partial charge >= 0.3 is 0 Å². The van der Waals surface area contributed by atoms with Crippen molar-refractivity contribution in [2.45, 2.75) is 6.92 Å². The van der Waals surface area contributed by atoms with E-state index in [9.17, 15) is 0 Å². The predicted octanol–water partition coefficient (Wildman–Crippen LogP) is 2.14. The van der Waals surface area contributed by atoms with Crippen molar-refractivity contribution in [1.29, 1.82) is 0 Å². The van der Waals surface area contributed by atoms with Crippen molar-refractivity contribution >= 4 is 10.9 Å². The molecule has 0 spiro atoms. The Balaban J connectivity index is 2.32. The van der Waals surface area contributed by atoms with Crippen molar-refractivity contribution in [2.24, 2.45) is 0 Å². The number of benzene rings is 1. The molecule has 2 rings (SSSR count). The minimum absolute atomic E-state index is 0.658. The minimum Gasteiger partial charge on any atom is -0.490 e. The number of fused-ring (bicyclic) bond motifs is 1. The fraction of sp³-hybridized carbons (Fsp3) is 0.308. The Morgan fingerprint density at radius 2 is 2.12 bits per heavy atom. The summed E-state index contributed by atoms with van der Waals surface area (Å²) >= 11 is 0. The highest BCUT2D eigenvalue weighted by molar-refractivity contribution is 5.84. The van der Waals surface area contributed by atoms with Crippen LogP contribution in [0, 0.1) is 6.92 Å². The van der Waals surface area contributed by atoms with Gasteiger partial charge in [0.25, 0.3) is 0 Å². The lowest BCUT2D eigenvalue weighted by molar-refractivity contribution is 0.321. The van der Waals surface area contributed by atoms with Crippen LogP contribution in [0.25, 0.3) is 10.9 Å². The third-order valence-electron chi connectivity index (χ3n) is 2.43. The lowest BCUT2D eigenvalue weighted by Crippen LogP contribution is -2.16. The second-order valence-corrected chi connectivity index (χ2v) is 3.73. The number of aryl methyl sites for hydroxylation is 1. The molecule has 1 aromatic heterocycles. The quantitative estimate of drug-likeness (QED) is 0.795. The summed E-state index contributed by atoms with van der Waals surface area (Å²) in [5.41, 5.74) is 1.95. The Hall–Kier alpha value is -1.61. The number of para-hydroxylation sites is 1. The van der Waals surface area contributed by atoms with E-state index < -0.39 is 0 Å². The molecule has 1 heterocycles. The van der Waals surface area contributed by atoms with E-state index >= 15 is 0 Å². The maximum Gasteiger partial charge on any atom is 0.145 e. The largest absolute Gasteiger partial charge is 0.490 e. The van der Waals surface area contributed by atoms with Gasteiger partial charge in [0.05, 0.1) is 0 Å². The summed E-state index contributed by atoms with van der Waals surface area (Å²) in [4.78, 5) is 4.51. The van der Waals surface area contributed by atoms with Crippen LogP contribution in [0.2, 0.25) is 0 Å². The molecule has 16 heavy (non-hydrogen) atoms. The summed E-state index contributed by atoms with van der Waals surface area (Å²) in [5, 5.41) is 4.17. The number of hydrogen-bond acceptors (Lipinski definition) is 3. The molecule has 0 radical (unpaired) electrons. The molecule has 3 nitrogen and oxygen atoms in total. The third-order valence-corrected chi connectivity index (χ3v) is 2.43. The highest BCUT2D eigenvalue weighted by atomic mass is 16.5. The monoisotopic (exact) mass is 216 g/mol. The molecule has 2 aromatic rings. The summed E-state index contributed by atoms with van der Waals surface area (Å²) in [6, 6.07) is 10.1. The number of pyridine rings is 1. The van der Waals surface area contributed by atoms with Gasteiger partial charge in [0, 0.05) is 17.6 Å². The number of aromatic nitrogens is 1. The van der Waals surface area contributed by atoms with Crippen LogP contribution in [0.4, 0.5) is 0 Å². The molecule has 3 heteroatoms. The number of hydrogen-bond donors (Lipinski definition) is 1. The highest BCUT2D eigenvalue weighted by Crippen LogP contribution is 2.23. The second kappa shape index (κ2) is 4.94. The third kappa shape index (κ3) is 2.31. The number of nitrogens with one attached hydrogen (secondary N) is 1. The average Bonchev–Trinajstić information content (AvgIpc) is 2.30. The molecule has 0 aliphatic heterocycles. The molecule has 0 unspecified atom stereocenters. The van der Waals surface area contributed by atoms with Gasteiger partial charge < -0.3 is 10.1 Å². The number of ether oxygens (including phenoxy) is 1. The van der Waals surface area contributed by atoms with Gasteiger partial charge in [0.2, 0.25) is 0 Å². The van der Waals surface area contributed by atoms with E-state index in [1.54, 1.807) is 0 Å². The van der Waals surface area contributed by atoms with Crippen LogP contribution >= 0.6 is 0 Å². The molecule has 0 bridgehead atoms. The Morgan fingerprint density at radius 3 is 2.94 bits per heavy atom. The number of nitrogens with zero attached hydrogens (tertiary/aromatic N) is 1. The van der Waals surface area contributed by atoms with E-state index in [0.717, 1.165) is 28.9 Å². The van der Waals surface area contributed by atoms with Crippen LogP contribution in [0.1, 0.15) is 5.69 Å². The van der Waals surface area contributed by atoms with E-state index in [1.807, 2.05) is 38.2 Å². The summed E-state index contributed by atoms with van der Waals surface area (Å²) < 4.78 is 5.69. The molecule has 0 saturated carbocycles. The first-order valence-electron chi connectivity index (χ1n) is 5.45. The standard InChI is InChI=1S/C13H16N2O/c1-10-6-7-11-4-3-5-12(13(11)15-10)16-9-8-14-2/h3-7,14H,8-9H2,1-2H3. The van der Waals surface area contributed by atoms with Gasteiger partial charge in [-0.3, -0.25) is 0 Å². The molecule has 0 saturated heterocycles. The molecule has 1 N–H and O–H groups in total. The number of likely N-dealkylation sites (N-methyl/N-ethyl adjacent to an activating group) is 1. The summed E-state index contributed by atoms with van der Waals surface area (Å²) in [6.45, 7) is 3.48. The van der Waals surface area contributed by atoms with Gasteiger partial charge in [-0.25, -0.2) is 4.98 Å². The van der Waals surface area contributed by atoms with Crippen LogP contribution in [-0.2, 0) is 0 Å². The van der Waals surface area contributed by atoms with E-state index in [-0.39, 0.29) is 0 Å². The van der Waals surface area contributed by atoms with Crippen LogP contribution in [0.3, 0.4) is 0 Å². The van der Waals surface area contributed by atoms with Crippen LogP contribution < -0.4 is 10.1 Å². The van der Waals surface area contributed by atoms with E-state index in [0.29, 0.717) is 6.61 Å². The van der Waals surface area contributed by atoms with E-state index in [1.165, 1.54) is 0 Å². The lowest BCUT2D eigenvalue weighted by atomic mass is 10.2. The zero-order valence-corrected chi connectivity index (χ0v) is 9.66. The van der Waals surface area contributed by atoms with Crippen LogP contribution in [-0.4, -0.2) is 25.2 Å². The Morgan fingerprint density at radius 1 is 1.25 bits per heavy atom. The lowest BCUT2D eigenvalue weighted by Gasteiger charge is -2.08. The van der Waals surface area contributed by atoms with Crippen LogP contribution in [0.5, 0.6) is 5.75 Å². The maximum atomic E-state index is 5.69. The van der Waals surface area contributed by atoms with Crippen molar-refractivity contribution in [1.82, 2.24) is 10.3 Å². The molecule has 0 aliphatic rings. The van der Waals surface area contributed by atoms with Crippen molar-refractivity contribution in [2.75, 3.05) is 20.2 Å². The summed E-state index contributed by atoms with van der Waals surface area (Å²) in [5.74, 6) is 0.858. The van der Waals surface area contributed by atoms with Crippen LogP contribution in [0.15, 0.2) is 30.3 Å². The molecule has 0 amide bonds. The first-order valence-corrected chi connectivity index (χ1v) is 5.45. The first kappa shape index (κ1) is 10.9. The topological polar surface area (TPSA) is 34.1 Å². The van der Waals surface area contributed by atoms with Gasteiger partial charge in [-0.05, 0) is 26.1 Å². The number of rotatable bonds is 4. The average molecular weight is 216 g/mol. The van der Waals surface area contributed by atoms with Gasteiger partial charge in [0.15, 0.2) is 0 Å². The first-order chi connectivity index (χ1) is 7.81. The smallest absolute Gasteiger partial charge is 0.145 e. The Bertz CT molecular complexity index is 482. The predicted molar refractivity (Wildman–Crippen MR) is 65.9 cm³/mol. The summed E-state index contributed by atoms with van der Waals surface area (Å²) in [6.07, 6.45) is 0. The van der Waals surface area contributed by atoms with Gasteiger partial charge in [-0.1, -0.05) is 18.2 Å². The minimum atomic E-state index is 0.658. The van der Waals surface area contributed by atoms with Gasteiger partial charge in [-0.2, -0.15) is 0 Å². The zero-order chi connectivity index (χ0) is 11.4. The molecule has 1 aromatic carbocycles. The van der Waals surface area contributed by atoms with Crippen molar-refractivity contribution in [3.8, 4) is 5.75 Å². The SMILES string of the molecule is CNCCOc1cccc2ccc(C)nc12. The fourth-order valence-electron chi connectivity index (χ4n) is 1.60. The van der Waals surface area contributed by atoms with E-state index in [2.05, 4.69) is 16.4 Å². The molecule has 84 valence electrons. The molecular weight excluding hydrogens is 200 g/mol. The zero-order valence-electron chi connectivity index (χ0n) is 9.66. The van der Waals surface area contributed by atoms with E-state index in [4.69, 9.17) is 4.74 Å². The highest BCUT2D eigenvalue weighted by Gasteiger charge is 2.03. The Labute approximate surface area is 95.5 Å². The summed E-state index contributed by atoms with van der Waals surface area (Å²) in [7, 11) is 1.91. The second-order valence-electron chi connectivity index (χ2n) is 3.73. The molecular formula is C13H16N2O. The Kier molecular flexibility index (Phi) is 3.37. The molecule has 0 fully saturated rings. The van der Waals surface area contributed by atoms with Gasteiger partial charge in [0.1, 0.15) is 17.9 Å². The maximum absolute atomic E-state index is 5.69. The van der Waals surface area contributed by atoms with Gasteiger partial charge in [-0.15, -0.1) is 0 Å². The molecule has 0 aliphatic carbocycles. The normalized spacial score (nSPS) is 10.6. The van der Waals surface area contributed by atoms with Crippen molar-refractivity contribution < 1.29 is 4.74 Å². The fourth-order valence-corrected chi connectivity index (χ4v) is 1.60. The van der Waals surface area contributed by atoms with Crippen molar-refractivity contribution in [3.05, 3.63) is 36.0 Å².